The standard InChI is InChI=1S/C16H17NO3S/c18-15(17-10-16(19)7-9-21-11-16)14-13(6-8-20-14)12-4-2-1-3-5-12/h1-6,8,19H,7,9-11H2,(H,17,18). The molecule has 0 saturated carbocycles. The third-order valence-corrected chi connectivity index (χ3v) is 4.85. The van der Waals surface area contributed by atoms with Crippen molar-refractivity contribution in [3.8, 4) is 11.1 Å². The lowest BCUT2D eigenvalue weighted by Gasteiger charge is -2.21. The summed E-state index contributed by atoms with van der Waals surface area (Å²) in [6.07, 6.45) is 2.22. The molecule has 21 heavy (non-hydrogen) atoms. The molecule has 0 bridgehead atoms. The molecule has 1 saturated heterocycles. The highest BCUT2D eigenvalue weighted by molar-refractivity contribution is 7.99. The van der Waals surface area contributed by atoms with Crippen molar-refractivity contribution >= 4 is 17.7 Å². The average Bonchev–Trinajstić information content (AvgIpc) is 3.15. The van der Waals surface area contributed by atoms with Crippen LogP contribution in [0.2, 0.25) is 0 Å². The number of carbonyl (C=O) groups excluding carboxylic acids is 1. The van der Waals surface area contributed by atoms with E-state index in [1.807, 2.05) is 30.3 Å². The van der Waals surface area contributed by atoms with Crippen LogP contribution in [0.25, 0.3) is 11.1 Å². The number of hydrogen-bond acceptors (Lipinski definition) is 4. The second-order valence-electron chi connectivity index (χ2n) is 5.24. The lowest BCUT2D eigenvalue weighted by molar-refractivity contribution is 0.0603. The van der Waals surface area contributed by atoms with Gasteiger partial charge in [-0.15, -0.1) is 0 Å². The summed E-state index contributed by atoms with van der Waals surface area (Å²) in [5.41, 5.74) is 0.909. The first-order chi connectivity index (χ1) is 10.2. The van der Waals surface area contributed by atoms with Gasteiger partial charge in [0.1, 0.15) is 0 Å². The summed E-state index contributed by atoms with van der Waals surface area (Å²) in [4.78, 5) is 12.3. The van der Waals surface area contributed by atoms with Crippen LogP contribution in [0.15, 0.2) is 47.1 Å². The van der Waals surface area contributed by atoms with Gasteiger partial charge in [-0.25, -0.2) is 0 Å². The zero-order valence-corrected chi connectivity index (χ0v) is 12.4. The van der Waals surface area contributed by atoms with Crippen molar-refractivity contribution in [2.45, 2.75) is 12.0 Å². The fourth-order valence-corrected chi connectivity index (χ4v) is 3.69. The number of aliphatic hydroxyl groups is 1. The number of hydrogen-bond donors (Lipinski definition) is 2. The Labute approximate surface area is 127 Å². The number of benzene rings is 1. The van der Waals surface area contributed by atoms with Crippen LogP contribution in [0.1, 0.15) is 17.0 Å². The molecule has 0 aliphatic carbocycles. The van der Waals surface area contributed by atoms with Crippen molar-refractivity contribution < 1.29 is 14.3 Å². The summed E-state index contributed by atoms with van der Waals surface area (Å²) in [7, 11) is 0. The quantitative estimate of drug-likeness (QED) is 0.911. The van der Waals surface area contributed by atoms with Crippen molar-refractivity contribution in [3.63, 3.8) is 0 Å². The van der Waals surface area contributed by atoms with Crippen LogP contribution in [0.3, 0.4) is 0 Å². The van der Waals surface area contributed by atoms with E-state index in [0.29, 0.717) is 12.2 Å². The molecule has 0 radical (unpaired) electrons. The first kappa shape index (κ1) is 14.2. The van der Waals surface area contributed by atoms with Crippen LogP contribution in [0, 0.1) is 0 Å². The Bertz CT molecular complexity index is 617. The first-order valence-corrected chi connectivity index (χ1v) is 8.05. The molecular weight excluding hydrogens is 286 g/mol. The van der Waals surface area contributed by atoms with Crippen LogP contribution < -0.4 is 5.32 Å². The third-order valence-electron chi connectivity index (χ3n) is 3.62. The molecule has 1 aromatic carbocycles. The molecule has 110 valence electrons. The Balaban J connectivity index is 1.72. The topological polar surface area (TPSA) is 62.5 Å². The fraction of sp³-hybridized carbons (Fsp3) is 0.312. The Morgan fingerprint density at radius 2 is 2.14 bits per heavy atom. The fourth-order valence-electron chi connectivity index (χ4n) is 2.39. The van der Waals surface area contributed by atoms with Gasteiger partial charge in [-0.05, 0) is 23.8 Å². The van der Waals surface area contributed by atoms with Gasteiger partial charge in [0, 0.05) is 17.9 Å². The molecule has 1 fully saturated rings. The summed E-state index contributed by atoms with van der Waals surface area (Å²) in [5, 5.41) is 13.0. The Hall–Kier alpha value is -1.72. The Morgan fingerprint density at radius 3 is 2.86 bits per heavy atom. The molecule has 5 heteroatoms. The highest BCUT2D eigenvalue weighted by atomic mass is 32.2. The van der Waals surface area contributed by atoms with Crippen molar-refractivity contribution in [1.82, 2.24) is 5.32 Å². The van der Waals surface area contributed by atoms with E-state index in [2.05, 4.69) is 5.32 Å². The number of furan rings is 1. The molecule has 2 heterocycles. The molecule has 1 amide bonds. The minimum atomic E-state index is -0.792. The lowest BCUT2D eigenvalue weighted by atomic mass is 10.0. The molecule has 4 nitrogen and oxygen atoms in total. The summed E-state index contributed by atoms with van der Waals surface area (Å²) >= 11 is 1.71. The molecule has 1 aliphatic heterocycles. The normalized spacial score (nSPS) is 21.4. The van der Waals surface area contributed by atoms with E-state index in [9.17, 15) is 9.90 Å². The predicted molar refractivity (Wildman–Crippen MR) is 83.4 cm³/mol. The summed E-state index contributed by atoms with van der Waals surface area (Å²) in [6, 6.07) is 11.4. The minimum Gasteiger partial charge on any atom is -0.459 e. The maximum absolute atomic E-state index is 12.3. The predicted octanol–water partition coefficient (Wildman–Crippen LogP) is 2.54. The van der Waals surface area contributed by atoms with Gasteiger partial charge in [0.15, 0.2) is 5.76 Å². The highest BCUT2D eigenvalue weighted by Crippen LogP contribution is 2.28. The molecule has 0 spiro atoms. The number of rotatable bonds is 4. The van der Waals surface area contributed by atoms with Crippen molar-refractivity contribution in [3.05, 3.63) is 48.4 Å². The summed E-state index contributed by atoms with van der Waals surface area (Å²) < 4.78 is 5.33. The first-order valence-electron chi connectivity index (χ1n) is 6.89. The van der Waals surface area contributed by atoms with Gasteiger partial charge < -0.3 is 14.8 Å². The average molecular weight is 303 g/mol. The maximum Gasteiger partial charge on any atom is 0.287 e. The lowest BCUT2D eigenvalue weighted by Crippen LogP contribution is -2.42. The Kier molecular flexibility index (Phi) is 4.03. The highest BCUT2D eigenvalue weighted by Gasteiger charge is 2.32. The molecule has 1 aliphatic rings. The number of thioether (sulfide) groups is 1. The summed E-state index contributed by atoms with van der Waals surface area (Å²) in [6.45, 7) is 0.258. The molecule has 2 aromatic rings. The second kappa shape index (κ2) is 5.95. The molecule has 1 unspecified atom stereocenters. The number of carbonyl (C=O) groups is 1. The van der Waals surface area contributed by atoms with Gasteiger partial charge >= 0.3 is 0 Å². The van der Waals surface area contributed by atoms with Crippen LogP contribution in [0.5, 0.6) is 0 Å². The monoisotopic (exact) mass is 303 g/mol. The molecule has 1 aromatic heterocycles. The van der Waals surface area contributed by atoms with Gasteiger partial charge in [0.25, 0.3) is 5.91 Å². The van der Waals surface area contributed by atoms with E-state index in [4.69, 9.17) is 4.42 Å². The van der Waals surface area contributed by atoms with Crippen LogP contribution in [0.4, 0.5) is 0 Å². The van der Waals surface area contributed by atoms with Crippen LogP contribution in [-0.4, -0.2) is 34.7 Å². The van der Waals surface area contributed by atoms with E-state index in [1.54, 1.807) is 17.8 Å². The molecule has 1 atom stereocenters. The van der Waals surface area contributed by atoms with Crippen molar-refractivity contribution in [2.24, 2.45) is 0 Å². The van der Waals surface area contributed by atoms with Crippen LogP contribution in [-0.2, 0) is 0 Å². The van der Waals surface area contributed by atoms with E-state index < -0.39 is 5.60 Å². The van der Waals surface area contributed by atoms with Gasteiger partial charge in [0.05, 0.1) is 11.9 Å². The largest absolute Gasteiger partial charge is 0.459 e. The number of amides is 1. The zero-order chi connectivity index (χ0) is 14.7. The minimum absolute atomic E-state index is 0.258. The van der Waals surface area contributed by atoms with Crippen molar-refractivity contribution in [2.75, 3.05) is 18.1 Å². The zero-order valence-electron chi connectivity index (χ0n) is 11.5. The SMILES string of the molecule is O=C(NCC1(O)CCSC1)c1occc1-c1ccccc1. The van der Waals surface area contributed by atoms with E-state index in [-0.39, 0.29) is 18.2 Å². The van der Waals surface area contributed by atoms with E-state index >= 15 is 0 Å². The second-order valence-corrected chi connectivity index (χ2v) is 6.34. The molecule has 2 N–H and O–H groups in total. The van der Waals surface area contributed by atoms with Gasteiger partial charge in [-0.2, -0.15) is 11.8 Å². The van der Waals surface area contributed by atoms with E-state index in [0.717, 1.165) is 16.9 Å². The summed E-state index contributed by atoms with van der Waals surface area (Å²) in [5.74, 6) is 1.60. The van der Waals surface area contributed by atoms with Gasteiger partial charge in [-0.3, -0.25) is 4.79 Å². The molecular formula is C16H17NO3S. The molecule has 3 rings (SSSR count). The van der Waals surface area contributed by atoms with E-state index in [1.165, 1.54) is 6.26 Å². The van der Waals surface area contributed by atoms with Gasteiger partial charge in [0.2, 0.25) is 0 Å². The third kappa shape index (κ3) is 3.14. The maximum atomic E-state index is 12.3. The van der Waals surface area contributed by atoms with Crippen molar-refractivity contribution in [1.29, 1.82) is 0 Å². The van der Waals surface area contributed by atoms with Crippen LogP contribution >= 0.6 is 11.8 Å². The smallest absolute Gasteiger partial charge is 0.287 e. The number of nitrogens with one attached hydrogen (secondary N) is 1. The Morgan fingerprint density at radius 1 is 1.33 bits per heavy atom. The van der Waals surface area contributed by atoms with Gasteiger partial charge in [-0.1, -0.05) is 30.3 Å².